The van der Waals surface area contributed by atoms with Crippen LogP contribution in [0.5, 0.6) is 5.75 Å². The van der Waals surface area contributed by atoms with Gasteiger partial charge in [0.2, 0.25) is 15.9 Å². The van der Waals surface area contributed by atoms with Gasteiger partial charge < -0.3 is 15.6 Å². The molecule has 0 aliphatic carbocycles. The van der Waals surface area contributed by atoms with Gasteiger partial charge in [-0.1, -0.05) is 17.7 Å². The summed E-state index contributed by atoms with van der Waals surface area (Å²) in [4.78, 5) is 11.1. The number of benzene rings is 1. The quantitative estimate of drug-likeness (QED) is 0.595. The number of primary amides is 1. The van der Waals surface area contributed by atoms with E-state index in [-0.39, 0.29) is 18.9 Å². The molecule has 3 N–H and O–H groups in total. The first kappa shape index (κ1) is 19.7. The van der Waals surface area contributed by atoms with Crippen molar-refractivity contribution in [2.45, 2.75) is 18.6 Å². The molecule has 0 bridgehead atoms. The molecule has 0 aromatic heterocycles. The van der Waals surface area contributed by atoms with Crippen molar-refractivity contribution in [2.24, 2.45) is 5.73 Å². The van der Waals surface area contributed by atoms with Crippen LogP contribution in [0.1, 0.15) is 18.4 Å². The Balaban J connectivity index is 2.91. The summed E-state index contributed by atoms with van der Waals surface area (Å²) in [5, 5.41) is 9.10. The minimum Gasteiger partial charge on any atom is -0.495 e. The molecule has 0 fully saturated rings. The smallest absolute Gasteiger partial charge is 0.232 e. The minimum absolute atomic E-state index is 0.0431. The van der Waals surface area contributed by atoms with Crippen molar-refractivity contribution < 1.29 is 23.1 Å². The number of nitrogens with two attached hydrogens (primary N) is 1. The van der Waals surface area contributed by atoms with Crippen molar-refractivity contribution in [1.29, 1.82) is 0 Å². The minimum atomic E-state index is -3.74. The zero-order chi connectivity index (χ0) is 17.5. The van der Waals surface area contributed by atoms with Gasteiger partial charge >= 0.3 is 0 Å². The fourth-order valence-electron chi connectivity index (χ4n) is 1.99. The Kier molecular flexibility index (Phi) is 7.77. The molecule has 0 atom stereocenters. The van der Waals surface area contributed by atoms with Gasteiger partial charge in [0.25, 0.3) is 0 Å². The number of unbranched alkanes of at least 4 members (excludes halogenated alkanes) is 1. The standard InChI is InChI=1S/C14H21ClN2O5S/c1-22-13-5-4-11(8-12(13)15)10-23(20,21)17(9-14(16)19)6-2-3-7-18/h4-5,8,18H,2-3,6-7,9-10H2,1H3,(H2,16,19). The van der Waals surface area contributed by atoms with Gasteiger partial charge in [0.05, 0.1) is 24.4 Å². The molecule has 0 spiro atoms. The van der Waals surface area contributed by atoms with E-state index in [2.05, 4.69) is 0 Å². The number of nitrogens with zero attached hydrogens (tertiary/aromatic N) is 1. The molecule has 0 saturated heterocycles. The lowest BCUT2D eigenvalue weighted by Crippen LogP contribution is -2.39. The van der Waals surface area contributed by atoms with Crippen molar-refractivity contribution in [3.8, 4) is 5.75 Å². The van der Waals surface area contributed by atoms with Crippen molar-refractivity contribution >= 4 is 27.5 Å². The first-order chi connectivity index (χ1) is 10.8. The Morgan fingerprint density at radius 2 is 2.09 bits per heavy atom. The second kappa shape index (κ2) is 9.07. The Hall–Kier alpha value is -1.35. The van der Waals surface area contributed by atoms with Gasteiger partial charge in [-0.15, -0.1) is 0 Å². The predicted octanol–water partition coefficient (Wildman–Crippen LogP) is 0.738. The number of aliphatic hydroxyl groups is 1. The van der Waals surface area contributed by atoms with E-state index in [0.29, 0.717) is 29.2 Å². The number of carbonyl (C=O) groups is 1. The maximum Gasteiger partial charge on any atom is 0.232 e. The molecule has 23 heavy (non-hydrogen) atoms. The Labute approximate surface area is 141 Å². The lowest BCUT2D eigenvalue weighted by atomic mass is 10.2. The molecule has 9 heteroatoms. The first-order valence-electron chi connectivity index (χ1n) is 6.99. The van der Waals surface area contributed by atoms with Crippen LogP contribution in [0.3, 0.4) is 0 Å². The number of aliphatic hydroxyl groups excluding tert-OH is 1. The van der Waals surface area contributed by atoms with E-state index in [0.717, 1.165) is 4.31 Å². The lowest BCUT2D eigenvalue weighted by molar-refractivity contribution is -0.118. The maximum absolute atomic E-state index is 12.5. The van der Waals surface area contributed by atoms with Gasteiger partial charge in [0.1, 0.15) is 5.75 Å². The van der Waals surface area contributed by atoms with Crippen LogP contribution in [0.4, 0.5) is 0 Å². The largest absolute Gasteiger partial charge is 0.495 e. The molecule has 0 aliphatic heterocycles. The topological polar surface area (TPSA) is 110 Å². The third-order valence-electron chi connectivity index (χ3n) is 3.11. The summed E-state index contributed by atoms with van der Waals surface area (Å²) in [5.74, 6) is -0.585. The van der Waals surface area contributed by atoms with Crippen molar-refractivity contribution in [3.63, 3.8) is 0 Å². The average molecular weight is 365 g/mol. The van der Waals surface area contributed by atoms with Gasteiger partial charge in [-0.3, -0.25) is 4.79 Å². The van der Waals surface area contributed by atoms with Crippen LogP contribution >= 0.6 is 11.6 Å². The normalized spacial score (nSPS) is 11.7. The number of ether oxygens (including phenoxy) is 1. The van der Waals surface area contributed by atoms with Gasteiger partial charge in [0, 0.05) is 13.2 Å². The van der Waals surface area contributed by atoms with Crippen LogP contribution in [0, 0.1) is 0 Å². The van der Waals surface area contributed by atoms with Crippen molar-refractivity contribution in [2.75, 3.05) is 26.8 Å². The third-order valence-corrected chi connectivity index (χ3v) is 5.20. The summed E-state index contributed by atoms with van der Waals surface area (Å²) in [5.41, 5.74) is 5.60. The summed E-state index contributed by atoms with van der Waals surface area (Å²) in [7, 11) is -2.27. The third kappa shape index (κ3) is 6.34. The number of hydrogen-bond acceptors (Lipinski definition) is 5. The number of halogens is 1. The van der Waals surface area contributed by atoms with Crippen LogP contribution in [-0.2, 0) is 20.6 Å². The van der Waals surface area contributed by atoms with Crippen molar-refractivity contribution in [1.82, 2.24) is 4.31 Å². The van der Waals surface area contributed by atoms with E-state index in [1.807, 2.05) is 0 Å². The van der Waals surface area contributed by atoms with Crippen LogP contribution < -0.4 is 10.5 Å². The molecule has 1 rings (SSSR count). The van der Waals surface area contributed by atoms with E-state index in [1.165, 1.54) is 13.2 Å². The van der Waals surface area contributed by atoms with E-state index in [1.54, 1.807) is 12.1 Å². The molecule has 7 nitrogen and oxygen atoms in total. The zero-order valence-corrected chi connectivity index (χ0v) is 14.4. The first-order valence-corrected chi connectivity index (χ1v) is 8.98. The summed E-state index contributed by atoms with van der Waals surface area (Å²) in [6, 6.07) is 4.68. The number of methoxy groups -OCH3 is 1. The molecule has 0 heterocycles. The van der Waals surface area contributed by atoms with E-state index in [4.69, 9.17) is 27.2 Å². The Bertz CT molecular complexity index is 636. The highest BCUT2D eigenvalue weighted by Crippen LogP contribution is 2.26. The number of rotatable bonds is 10. The second-order valence-corrected chi connectivity index (χ2v) is 7.33. The highest BCUT2D eigenvalue weighted by atomic mass is 35.5. The zero-order valence-electron chi connectivity index (χ0n) is 12.9. The number of amides is 1. The molecular weight excluding hydrogens is 344 g/mol. The van der Waals surface area contributed by atoms with Crippen LogP contribution in [-0.4, -0.2) is 50.5 Å². The molecule has 0 saturated carbocycles. The SMILES string of the molecule is COc1ccc(CS(=O)(=O)N(CCCCO)CC(N)=O)cc1Cl. The van der Waals surface area contributed by atoms with Gasteiger partial charge in [-0.05, 0) is 30.5 Å². The fourth-order valence-corrected chi connectivity index (χ4v) is 3.79. The van der Waals surface area contributed by atoms with Crippen molar-refractivity contribution in [3.05, 3.63) is 28.8 Å². The Morgan fingerprint density at radius 3 is 2.61 bits per heavy atom. The maximum atomic E-state index is 12.5. The second-order valence-electron chi connectivity index (χ2n) is 4.96. The monoisotopic (exact) mass is 364 g/mol. The van der Waals surface area contributed by atoms with Crippen LogP contribution in [0.25, 0.3) is 0 Å². The van der Waals surface area contributed by atoms with Crippen LogP contribution in [0.15, 0.2) is 18.2 Å². The molecule has 1 amide bonds. The molecule has 130 valence electrons. The predicted molar refractivity (Wildman–Crippen MR) is 87.7 cm³/mol. The van der Waals surface area contributed by atoms with Gasteiger partial charge in [-0.25, -0.2) is 8.42 Å². The summed E-state index contributed by atoms with van der Waals surface area (Å²) < 4.78 is 31.0. The summed E-state index contributed by atoms with van der Waals surface area (Å²) in [6.45, 7) is -0.314. The number of sulfonamides is 1. The van der Waals surface area contributed by atoms with E-state index < -0.39 is 22.5 Å². The van der Waals surface area contributed by atoms with E-state index >= 15 is 0 Å². The van der Waals surface area contributed by atoms with E-state index in [9.17, 15) is 13.2 Å². The Morgan fingerprint density at radius 1 is 1.39 bits per heavy atom. The molecular formula is C14H21ClN2O5S. The molecule has 0 aliphatic rings. The van der Waals surface area contributed by atoms with Gasteiger partial charge in [0.15, 0.2) is 0 Å². The number of hydrogen-bond donors (Lipinski definition) is 2. The summed E-state index contributed by atoms with van der Waals surface area (Å²) >= 11 is 5.99. The highest BCUT2D eigenvalue weighted by Gasteiger charge is 2.24. The van der Waals surface area contributed by atoms with Crippen LogP contribution in [0.2, 0.25) is 5.02 Å². The summed E-state index contributed by atoms with van der Waals surface area (Å²) in [6.07, 6.45) is 0.880. The molecule has 0 radical (unpaired) electrons. The van der Waals surface area contributed by atoms with Gasteiger partial charge in [-0.2, -0.15) is 4.31 Å². The molecule has 1 aromatic carbocycles. The number of carbonyl (C=O) groups excluding carboxylic acids is 1. The highest BCUT2D eigenvalue weighted by molar-refractivity contribution is 7.88. The fraction of sp³-hybridized carbons (Fsp3) is 0.500. The lowest BCUT2D eigenvalue weighted by Gasteiger charge is -2.20. The molecule has 1 aromatic rings. The molecule has 0 unspecified atom stereocenters. The average Bonchev–Trinajstić information content (AvgIpc) is 2.46.